The van der Waals surface area contributed by atoms with Crippen LogP contribution in [0, 0.1) is 6.92 Å². The molecule has 0 spiro atoms. The molecular weight excluding hydrogens is 458 g/mol. The Labute approximate surface area is 205 Å². The van der Waals surface area contributed by atoms with Gasteiger partial charge in [-0.25, -0.2) is 13.4 Å². The van der Waals surface area contributed by atoms with Gasteiger partial charge in [0.25, 0.3) is 5.91 Å². The molecule has 6 nitrogen and oxygen atoms in total. The summed E-state index contributed by atoms with van der Waals surface area (Å²) in [6, 6.07) is 24.5. The highest BCUT2D eigenvalue weighted by Gasteiger charge is 2.24. The summed E-state index contributed by atoms with van der Waals surface area (Å²) in [4.78, 5) is 17.7. The van der Waals surface area contributed by atoms with Gasteiger partial charge < -0.3 is 5.32 Å². The SMILES string of the molecule is Cc1ccc(NC(=O)c2ccc(N3CCCCCS3(=O)=O)cc2)cc1-c1ccc2ccccc2n1. The second kappa shape index (κ2) is 9.50. The fraction of sp³-hybridized carbons (Fsp3) is 0.214. The molecule has 1 saturated heterocycles. The van der Waals surface area contributed by atoms with Crippen LogP contribution in [-0.4, -0.2) is 31.6 Å². The summed E-state index contributed by atoms with van der Waals surface area (Å²) < 4.78 is 26.6. The van der Waals surface area contributed by atoms with E-state index in [1.807, 2.05) is 55.5 Å². The van der Waals surface area contributed by atoms with Crippen molar-refractivity contribution in [2.75, 3.05) is 21.9 Å². The molecule has 0 aliphatic carbocycles. The van der Waals surface area contributed by atoms with Gasteiger partial charge in [0.2, 0.25) is 10.0 Å². The molecule has 4 aromatic rings. The topological polar surface area (TPSA) is 79.4 Å². The quantitative estimate of drug-likeness (QED) is 0.397. The number of nitrogens with zero attached hydrogens (tertiary/aromatic N) is 2. The summed E-state index contributed by atoms with van der Waals surface area (Å²) in [6.07, 6.45) is 2.43. The van der Waals surface area contributed by atoms with Crippen LogP contribution in [0.2, 0.25) is 0 Å². The molecule has 0 bridgehead atoms. The third-order valence-electron chi connectivity index (χ3n) is 6.39. The predicted octanol–water partition coefficient (Wildman–Crippen LogP) is 5.78. The minimum absolute atomic E-state index is 0.164. The number of fused-ring (bicyclic) bond motifs is 1. The second-order valence-electron chi connectivity index (χ2n) is 8.87. The molecule has 1 aliphatic rings. The van der Waals surface area contributed by atoms with Crippen molar-refractivity contribution in [2.24, 2.45) is 0 Å². The molecule has 1 N–H and O–H groups in total. The number of pyridine rings is 1. The molecule has 1 fully saturated rings. The maximum absolute atomic E-state index is 12.9. The van der Waals surface area contributed by atoms with Gasteiger partial charge in [0, 0.05) is 28.7 Å². The second-order valence-corrected chi connectivity index (χ2v) is 10.9. The third kappa shape index (κ3) is 4.91. The van der Waals surface area contributed by atoms with Gasteiger partial charge in [-0.1, -0.05) is 36.8 Å². The normalized spacial score (nSPS) is 15.5. The van der Waals surface area contributed by atoms with E-state index in [1.165, 1.54) is 4.31 Å². The first-order chi connectivity index (χ1) is 16.9. The van der Waals surface area contributed by atoms with Crippen LogP contribution >= 0.6 is 0 Å². The zero-order chi connectivity index (χ0) is 24.4. The van der Waals surface area contributed by atoms with Crippen molar-refractivity contribution in [1.29, 1.82) is 0 Å². The van der Waals surface area contributed by atoms with Gasteiger partial charge in [0.15, 0.2) is 0 Å². The summed E-state index contributed by atoms with van der Waals surface area (Å²) in [7, 11) is -3.32. The molecule has 1 aromatic heterocycles. The smallest absolute Gasteiger partial charge is 0.255 e. The summed E-state index contributed by atoms with van der Waals surface area (Å²) >= 11 is 0. The van der Waals surface area contributed by atoms with Gasteiger partial charge in [-0.2, -0.15) is 0 Å². The maximum Gasteiger partial charge on any atom is 0.255 e. The highest BCUT2D eigenvalue weighted by atomic mass is 32.2. The average Bonchev–Trinajstić information content (AvgIpc) is 3.05. The molecule has 5 rings (SSSR count). The van der Waals surface area contributed by atoms with Gasteiger partial charge >= 0.3 is 0 Å². The van der Waals surface area contributed by atoms with Crippen molar-refractivity contribution in [1.82, 2.24) is 4.98 Å². The van der Waals surface area contributed by atoms with E-state index >= 15 is 0 Å². The number of sulfonamides is 1. The zero-order valence-electron chi connectivity index (χ0n) is 19.6. The van der Waals surface area contributed by atoms with Crippen LogP contribution in [0.15, 0.2) is 78.9 Å². The number of aryl methyl sites for hydroxylation is 1. The van der Waals surface area contributed by atoms with E-state index in [4.69, 9.17) is 4.98 Å². The van der Waals surface area contributed by atoms with Crippen LogP contribution < -0.4 is 9.62 Å². The lowest BCUT2D eigenvalue weighted by atomic mass is 10.0. The highest BCUT2D eigenvalue weighted by Crippen LogP contribution is 2.28. The summed E-state index contributed by atoms with van der Waals surface area (Å²) in [6.45, 7) is 2.50. The number of rotatable bonds is 4. The largest absolute Gasteiger partial charge is 0.322 e. The fourth-order valence-corrected chi connectivity index (χ4v) is 6.07. The van der Waals surface area contributed by atoms with Gasteiger partial charge in [-0.3, -0.25) is 9.10 Å². The number of carbonyl (C=O) groups excluding carboxylic acids is 1. The molecule has 1 aliphatic heterocycles. The Kier molecular flexibility index (Phi) is 6.26. The average molecular weight is 486 g/mol. The summed E-state index contributed by atoms with van der Waals surface area (Å²) in [5, 5.41) is 4.04. The number of anilines is 2. The molecule has 0 saturated carbocycles. The lowest BCUT2D eigenvalue weighted by Gasteiger charge is -2.22. The van der Waals surface area contributed by atoms with E-state index in [9.17, 15) is 13.2 Å². The minimum atomic E-state index is -3.32. The summed E-state index contributed by atoms with van der Waals surface area (Å²) in [5.41, 5.74) is 5.52. The predicted molar refractivity (Wildman–Crippen MR) is 141 cm³/mol. The van der Waals surface area contributed by atoms with Crippen molar-refractivity contribution in [3.63, 3.8) is 0 Å². The molecule has 0 radical (unpaired) electrons. The number of benzene rings is 3. The van der Waals surface area contributed by atoms with E-state index in [2.05, 4.69) is 11.4 Å². The lowest BCUT2D eigenvalue weighted by Crippen LogP contribution is -2.32. The molecular formula is C28H27N3O3S. The third-order valence-corrected chi connectivity index (χ3v) is 8.26. The Bertz CT molecular complexity index is 1500. The van der Waals surface area contributed by atoms with Crippen LogP contribution in [0.25, 0.3) is 22.2 Å². The Morgan fingerprint density at radius 2 is 1.71 bits per heavy atom. The molecule has 3 aromatic carbocycles. The van der Waals surface area contributed by atoms with E-state index in [0.29, 0.717) is 29.9 Å². The first-order valence-electron chi connectivity index (χ1n) is 11.8. The van der Waals surface area contributed by atoms with Crippen molar-refractivity contribution in [3.05, 3.63) is 90.0 Å². The van der Waals surface area contributed by atoms with Crippen LogP contribution in [-0.2, 0) is 10.0 Å². The standard InChI is InChI=1S/C28H27N3O3S/c1-20-9-13-23(19-25(20)27-16-12-21-7-3-4-8-26(21)30-27)29-28(32)22-10-14-24(15-11-22)31-17-5-2-6-18-35(31,33)34/h3-4,7-16,19H,2,5-6,17-18H2,1H3,(H,29,32). The number of hydrogen-bond acceptors (Lipinski definition) is 4. The lowest BCUT2D eigenvalue weighted by molar-refractivity contribution is 0.102. The van der Waals surface area contributed by atoms with Crippen LogP contribution in [0.4, 0.5) is 11.4 Å². The Morgan fingerprint density at radius 1 is 0.914 bits per heavy atom. The van der Waals surface area contributed by atoms with Crippen LogP contribution in [0.5, 0.6) is 0 Å². The number of nitrogens with one attached hydrogen (secondary N) is 1. The molecule has 7 heteroatoms. The van der Waals surface area contributed by atoms with Gasteiger partial charge in [0.1, 0.15) is 0 Å². The van der Waals surface area contributed by atoms with Crippen molar-refractivity contribution < 1.29 is 13.2 Å². The highest BCUT2D eigenvalue weighted by molar-refractivity contribution is 7.92. The maximum atomic E-state index is 12.9. The number of aromatic nitrogens is 1. The summed E-state index contributed by atoms with van der Waals surface area (Å²) in [5.74, 6) is -0.0894. The Morgan fingerprint density at radius 3 is 2.54 bits per heavy atom. The van der Waals surface area contributed by atoms with E-state index in [0.717, 1.165) is 40.6 Å². The van der Waals surface area contributed by atoms with E-state index < -0.39 is 10.0 Å². The number of hydrogen-bond donors (Lipinski definition) is 1. The molecule has 178 valence electrons. The fourth-order valence-electron chi connectivity index (χ4n) is 4.43. The van der Waals surface area contributed by atoms with Crippen LogP contribution in [0.1, 0.15) is 35.2 Å². The molecule has 0 atom stereocenters. The molecule has 1 amide bonds. The minimum Gasteiger partial charge on any atom is -0.322 e. The molecule has 0 unspecified atom stereocenters. The molecule has 2 heterocycles. The number of para-hydroxylation sites is 1. The number of amides is 1. The van der Waals surface area contributed by atoms with E-state index in [-0.39, 0.29) is 11.7 Å². The number of carbonyl (C=O) groups is 1. The van der Waals surface area contributed by atoms with Crippen LogP contribution in [0.3, 0.4) is 0 Å². The van der Waals surface area contributed by atoms with E-state index in [1.54, 1.807) is 24.3 Å². The van der Waals surface area contributed by atoms with Gasteiger partial charge in [0.05, 0.1) is 22.7 Å². The van der Waals surface area contributed by atoms with Crippen molar-refractivity contribution >= 4 is 38.2 Å². The van der Waals surface area contributed by atoms with Crippen molar-refractivity contribution in [2.45, 2.75) is 26.2 Å². The van der Waals surface area contributed by atoms with Gasteiger partial charge in [-0.15, -0.1) is 0 Å². The van der Waals surface area contributed by atoms with Crippen molar-refractivity contribution in [3.8, 4) is 11.3 Å². The monoisotopic (exact) mass is 485 g/mol. The first kappa shape index (κ1) is 23.1. The molecule has 35 heavy (non-hydrogen) atoms. The zero-order valence-corrected chi connectivity index (χ0v) is 20.4. The Hall–Kier alpha value is -3.71. The van der Waals surface area contributed by atoms with Gasteiger partial charge in [-0.05, 0) is 73.9 Å². The Balaban J connectivity index is 1.36. The first-order valence-corrected chi connectivity index (χ1v) is 13.4.